The molecule has 30 heavy (non-hydrogen) atoms. The average molecular weight is 407 g/mol. The number of anilines is 3. The Morgan fingerprint density at radius 2 is 2.07 bits per heavy atom. The molecule has 4 N–H and O–H groups in total. The van der Waals surface area contributed by atoms with E-state index in [0.717, 1.165) is 41.6 Å². The number of hydrogen-bond acceptors (Lipinski definition) is 5. The lowest BCUT2D eigenvalue weighted by Crippen LogP contribution is -2.44. The highest BCUT2D eigenvalue weighted by Crippen LogP contribution is 2.34. The van der Waals surface area contributed by atoms with E-state index in [2.05, 4.69) is 21.7 Å². The Morgan fingerprint density at radius 3 is 2.87 bits per heavy atom. The van der Waals surface area contributed by atoms with Crippen LogP contribution in [-0.2, 0) is 20.8 Å². The van der Waals surface area contributed by atoms with Gasteiger partial charge in [0, 0.05) is 18.7 Å². The van der Waals surface area contributed by atoms with Gasteiger partial charge in [0.05, 0.1) is 17.9 Å². The van der Waals surface area contributed by atoms with Crippen molar-refractivity contribution in [3.05, 3.63) is 47.2 Å². The van der Waals surface area contributed by atoms with Crippen molar-refractivity contribution in [2.75, 3.05) is 22.9 Å². The van der Waals surface area contributed by atoms with Gasteiger partial charge in [-0.05, 0) is 61.4 Å². The molecule has 0 unspecified atom stereocenters. The molecule has 0 radical (unpaired) electrons. The fourth-order valence-corrected chi connectivity index (χ4v) is 4.10. The Hall–Kier alpha value is -3.42. The standard InChI is InChI=1S/C22H25N5O3/c1-13-10-16(12-24-20(13)23)25-21(29)22(30)27-9-3-2-4-18(27)15-5-7-17-14(11-15)6-8-19(28)26-17/h5,7,10-12,18H,2-4,6,8-9H2,1H3,(H2,23,24)(H,25,29)(H,26,28)/t18-/m1/s1. The predicted octanol–water partition coefficient (Wildman–Crippen LogP) is 2.55. The third-order valence-electron chi connectivity index (χ3n) is 5.74. The summed E-state index contributed by atoms with van der Waals surface area (Å²) in [6.45, 7) is 2.32. The highest BCUT2D eigenvalue weighted by atomic mass is 16.2. The van der Waals surface area contributed by atoms with Crippen molar-refractivity contribution in [3.63, 3.8) is 0 Å². The number of likely N-dealkylation sites (tertiary alicyclic amines) is 1. The van der Waals surface area contributed by atoms with Gasteiger partial charge in [-0.3, -0.25) is 14.4 Å². The topological polar surface area (TPSA) is 117 Å². The van der Waals surface area contributed by atoms with Crippen molar-refractivity contribution in [2.24, 2.45) is 0 Å². The molecule has 0 bridgehead atoms. The molecule has 3 amide bonds. The van der Waals surface area contributed by atoms with Crippen LogP contribution in [0.1, 0.15) is 48.4 Å². The van der Waals surface area contributed by atoms with Crippen LogP contribution >= 0.6 is 0 Å². The molecule has 2 aromatic rings. The Morgan fingerprint density at radius 1 is 1.23 bits per heavy atom. The number of fused-ring (bicyclic) bond motifs is 1. The number of benzene rings is 1. The van der Waals surface area contributed by atoms with Gasteiger partial charge in [0.25, 0.3) is 0 Å². The number of nitrogens with one attached hydrogen (secondary N) is 2. The van der Waals surface area contributed by atoms with E-state index in [0.29, 0.717) is 30.9 Å². The lowest BCUT2D eigenvalue weighted by molar-refractivity contribution is -0.145. The molecule has 1 aromatic heterocycles. The smallest absolute Gasteiger partial charge is 0.313 e. The largest absolute Gasteiger partial charge is 0.383 e. The molecule has 0 spiro atoms. The van der Waals surface area contributed by atoms with Gasteiger partial charge in [0.15, 0.2) is 0 Å². The Labute approximate surface area is 174 Å². The first-order valence-electron chi connectivity index (χ1n) is 10.2. The van der Waals surface area contributed by atoms with Gasteiger partial charge in [-0.2, -0.15) is 0 Å². The van der Waals surface area contributed by atoms with Crippen molar-refractivity contribution < 1.29 is 14.4 Å². The number of pyridine rings is 1. The van der Waals surface area contributed by atoms with Crippen LogP contribution in [0.5, 0.6) is 0 Å². The Bertz CT molecular complexity index is 1020. The molecule has 8 heteroatoms. The first-order valence-corrected chi connectivity index (χ1v) is 10.2. The fourth-order valence-electron chi connectivity index (χ4n) is 4.10. The second-order valence-electron chi connectivity index (χ2n) is 7.86. The second kappa shape index (κ2) is 8.14. The molecule has 0 saturated carbocycles. The van der Waals surface area contributed by atoms with E-state index in [1.54, 1.807) is 17.9 Å². The van der Waals surface area contributed by atoms with Crippen LogP contribution in [-0.4, -0.2) is 34.2 Å². The number of aromatic nitrogens is 1. The summed E-state index contributed by atoms with van der Waals surface area (Å²) in [6.07, 6.45) is 5.23. The molecule has 1 aromatic carbocycles. The van der Waals surface area contributed by atoms with Crippen LogP contribution < -0.4 is 16.4 Å². The van der Waals surface area contributed by atoms with E-state index >= 15 is 0 Å². The molecule has 2 aliphatic rings. The highest BCUT2D eigenvalue weighted by molar-refractivity contribution is 6.39. The Kier molecular flexibility index (Phi) is 5.39. The fraction of sp³-hybridized carbons (Fsp3) is 0.364. The molecular formula is C22H25N5O3. The van der Waals surface area contributed by atoms with Gasteiger partial charge in [0.2, 0.25) is 5.91 Å². The first kappa shape index (κ1) is 19.9. The minimum atomic E-state index is -0.682. The van der Waals surface area contributed by atoms with E-state index in [9.17, 15) is 14.4 Å². The van der Waals surface area contributed by atoms with Crippen LogP contribution in [0.3, 0.4) is 0 Å². The number of nitrogen functional groups attached to an aromatic ring is 1. The summed E-state index contributed by atoms with van der Waals surface area (Å²) in [5.41, 5.74) is 9.78. The second-order valence-corrected chi connectivity index (χ2v) is 7.86. The van der Waals surface area contributed by atoms with Crippen molar-refractivity contribution in [3.8, 4) is 0 Å². The van der Waals surface area contributed by atoms with E-state index < -0.39 is 11.8 Å². The summed E-state index contributed by atoms with van der Waals surface area (Å²) in [5.74, 6) is -0.828. The molecule has 3 heterocycles. The quantitative estimate of drug-likeness (QED) is 0.662. The lowest BCUT2D eigenvalue weighted by atomic mass is 9.91. The summed E-state index contributed by atoms with van der Waals surface area (Å²) >= 11 is 0. The number of carbonyl (C=O) groups is 3. The van der Waals surface area contributed by atoms with Crippen LogP contribution in [0.4, 0.5) is 17.2 Å². The summed E-state index contributed by atoms with van der Waals surface area (Å²) in [6, 6.07) is 7.41. The van der Waals surface area contributed by atoms with Crippen molar-refractivity contribution in [1.82, 2.24) is 9.88 Å². The minimum Gasteiger partial charge on any atom is -0.383 e. The maximum Gasteiger partial charge on any atom is 0.313 e. The molecule has 1 saturated heterocycles. The van der Waals surface area contributed by atoms with Crippen LogP contribution in [0.25, 0.3) is 0 Å². The summed E-state index contributed by atoms with van der Waals surface area (Å²) in [5, 5.41) is 5.52. The average Bonchev–Trinajstić information content (AvgIpc) is 2.75. The zero-order chi connectivity index (χ0) is 21.3. The number of aryl methyl sites for hydroxylation is 2. The highest BCUT2D eigenvalue weighted by Gasteiger charge is 2.32. The number of nitrogens with two attached hydrogens (primary N) is 1. The number of rotatable bonds is 2. The number of carbonyl (C=O) groups excluding carboxylic acids is 3. The number of amides is 3. The molecule has 2 aliphatic heterocycles. The van der Waals surface area contributed by atoms with Gasteiger partial charge in [0.1, 0.15) is 5.82 Å². The summed E-state index contributed by atoms with van der Waals surface area (Å²) in [7, 11) is 0. The third-order valence-corrected chi connectivity index (χ3v) is 5.74. The molecule has 156 valence electrons. The van der Waals surface area contributed by atoms with Gasteiger partial charge >= 0.3 is 11.8 Å². The Balaban J connectivity index is 1.53. The molecule has 8 nitrogen and oxygen atoms in total. The number of nitrogens with zero attached hydrogens (tertiary/aromatic N) is 2. The molecule has 1 fully saturated rings. The molecule has 4 rings (SSSR count). The van der Waals surface area contributed by atoms with Crippen molar-refractivity contribution >= 4 is 34.9 Å². The maximum atomic E-state index is 13.0. The van der Waals surface area contributed by atoms with Crippen molar-refractivity contribution in [2.45, 2.75) is 45.1 Å². The predicted molar refractivity (Wildman–Crippen MR) is 114 cm³/mol. The van der Waals surface area contributed by atoms with Crippen molar-refractivity contribution in [1.29, 1.82) is 0 Å². The van der Waals surface area contributed by atoms with E-state index in [1.807, 2.05) is 12.1 Å². The van der Waals surface area contributed by atoms with E-state index in [1.165, 1.54) is 6.20 Å². The van der Waals surface area contributed by atoms with Crippen LogP contribution in [0.15, 0.2) is 30.5 Å². The van der Waals surface area contributed by atoms with E-state index in [-0.39, 0.29) is 11.9 Å². The third kappa shape index (κ3) is 3.98. The summed E-state index contributed by atoms with van der Waals surface area (Å²) in [4.78, 5) is 42.9. The molecule has 0 aliphatic carbocycles. The van der Waals surface area contributed by atoms with Crippen LogP contribution in [0, 0.1) is 6.92 Å². The zero-order valence-electron chi connectivity index (χ0n) is 16.9. The van der Waals surface area contributed by atoms with Gasteiger partial charge in [-0.1, -0.05) is 12.1 Å². The normalized spacial score (nSPS) is 18.4. The van der Waals surface area contributed by atoms with Gasteiger partial charge in [-0.25, -0.2) is 4.98 Å². The molecule has 1 atom stereocenters. The number of piperidine rings is 1. The lowest BCUT2D eigenvalue weighted by Gasteiger charge is -2.36. The van der Waals surface area contributed by atoms with Gasteiger partial charge in [-0.15, -0.1) is 0 Å². The maximum absolute atomic E-state index is 13.0. The monoisotopic (exact) mass is 407 g/mol. The molecular weight excluding hydrogens is 382 g/mol. The summed E-state index contributed by atoms with van der Waals surface area (Å²) < 4.78 is 0. The van der Waals surface area contributed by atoms with Crippen LogP contribution in [0.2, 0.25) is 0 Å². The van der Waals surface area contributed by atoms with Gasteiger partial charge < -0.3 is 21.3 Å². The number of hydrogen-bond donors (Lipinski definition) is 3. The first-order chi connectivity index (χ1) is 14.4. The van der Waals surface area contributed by atoms with E-state index in [4.69, 9.17) is 5.73 Å². The minimum absolute atomic E-state index is 0.0220. The SMILES string of the molecule is Cc1cc(NC(=O)C(=O)N2CCCC[C@@H]2c2ccc3c(c2)CCC(=O)N3)cnc1N. The zero-order valence-corrected chi connectivity index (χ0v) is 16.9.